The van der Waals surface area contributed by atoms with Crippen LogP contribution in [0, 0.1) is 0 Å². The van der Waals surface area contributed by atoms with Crippen LogP contribution in [0.1, 0.15) is 28.8 Å². The first-order valence-electron chi connectivity index (χ1n) is 6.56. The minimum atomic E-state index is -4.37. The highest BCUT2D eigenvalue weighted by Gasteiger charge is 2.32. The van der Waals surface area contributed by atoms with Crippen molar-refractivity contribution in [3.05, 3.63) is 35.4 Å². The lowest BCUT2D eigenvalue weighted by molar-refractivity contribution is -0.137. The molecule has 1 heterocycles. The van der Waals surface area contributed by atoms with Crippen molar-refractivity contribution in [1.82, 2.24) is 10.2 Å². The summed E-state index contributed by atoms with van der Waals surface area (Å²) >= 11 is 0. The van der Waals surface area contributed by atoms with Crippen molar-refractivity contribution < 1.29 is 18.0 Å². The van der Waals surface area contributed by atoms with Gasteiger partial charge in [0.2, 0.25) is 0 Å². The van der Waals surface area contributed by atoms with Crippen molar-refractivity contribution in [3.8, 4) is 0 Å². The van der Waals surface area contributed by atoms with Crippen LogP contribution in [0.5, 0.6) is 0 Å². The van der Waals surface area contributed by atoms with E-state index < -0.39 is 11.7 Å². The van der Waals surface area contributed by atoms with Gasteiger partial charge < -0.3 is 10.2 Å². The van der Waals surface area contributed by atoms with E-state index in [9.17, 15) is 18.0 Å². The number of likely N-dealkylation sites (tertiary alicyclic amines) is 1. The first-order chi connectivity index (χ1) is 9.43. The lowest BCUT2D eigenvalue weighted by Gasteiger charge is -2.24. The lowest BCUT2D eigenvalue weighted by atomic mass is 10.1. The van der Waals surface area contributed by atoms with Gasteiger partial charge in [-0.2, -0.15) is 13.2 Å². The number of halogens is 3. The van der Waals surface area contributed by atoms with Crippen LogP contribution < -0.4 is 5.32 Å². The second kappa shape index (κ2) is 5.83. The van der Waals surface area contributed by atoms with Gasteiger partial charge in [-0.1, -0.05) is 0 Å². The Hall–Kier alpha value is -1.56. The second-order valence-corrected chi connectivity index (χ2v) is 4.93. The maximum Gasteiger partial charge on any atom is 0.416 e. The highest BCUT2D eigenvalue weighted by molar-refractivity contribution is 5.94. The molecule has 0 bridgehead atoms. The van der Waals surface area contributed by atoms with Crippen molar-refractivity contribution in [3.63, 3.8) is 0 Å². The topological polar surface area (TPSA) is 32.3 Å². The van der Waals surface area contributed by atoms with Crippen LogP contribution in [0.2, 0.25) is 0 Å². The van der Waals surface area contributed by atoms with Crippen LogP contribution in [-0.2, 0) is 6.18 Å². The van der Waals surface area contributed by atoms with Gasteiger partial charge in [-0.15, -0.1) is 0 Å². The first kappa shape index (κ1) is 14.8. The van der Waals surface area contributed by atoms with Crippen molar-refractivity contribution in [2.75, 3.05) is 20.1 Å². The molecule has 3 nitrogen and oxygen atoms in total. The van der Waals surface area contributed by atoms with Gasteiger partial charge in [0.1, 0.15) is 0 Å². The molecule has 6 heteroatoms. The number of benzene rings is 1. The van der Waals surface area contributed by atoms with Gasteiger partial charge in [-0.05, 0) is 44.2 Å². The van der Waals surface area contributed by atoms with Gasteiger partial charge in [0.15, 0.2) is 0 Å². The van der Waals surface area contributed by atoms with Crippen LogP contribution in [0.15, 0.2) is 24.3 Å². The van der Waals surface area contributed by atoms with Gasteiger partial charge in [0.25, 0.3) is 5.91 Å². The first-order valence-corrected chi connectivity index (χ1v) is 6.56. The Morgan fingerprint density at radius 2 is 2.00 bits per heavy atom. The molecule has 0 unspecified atom stereocenters. The SMILES string of the molecule is CNC[C@H]1CCCN1C(=O)c1ccc(C(F)(F)F)cc1. The van der Waals surface area contributed by atoms with E-state index in [1.807, 2.05) is 7.05 Å². The van der Waals surface area contributed by atoms with Crippen molar-refractivity contribution in [1.29, 1.82) is 0 Å². The van der Waals surface area contributed by atoms with Crippen molar-refractivity contribution in [2.45, 2.75) is 25.1 Å². The lowest BCUT2D eigenvalue weighted by Crippen LogP contribution is -2.40. The van der Waals surface area contributed by atoms with Crippen LogP contribution in [0.3, 0.4) is 0 Å². The zero-order chi connectivity index (χ0) is 14.8. The Morgan fingerprint density at radius 3 is 2.55 bits per heavy atom. The number of rotatable bonds is 3. The van der Waals surface area contributed by atoms with E-state index in [2.05, 4.69) is 5.32 Å². The summed E-state index contributed by atoms with van der Waals surface area (Å²) in [6, 6.07) is 4.53. The molecule has 1 atom stereocenters. The molecule has 1 aliphatic rings. The predicted molar refractivity (Wildman–Crippen MR) is 69.4 cm³/mol. The molecule has 0 spiro atoms. The normalized spacial score (nSPS) is 19.4. The summed E-state index contributed by atoms with van der Waals surface area (Å²) in [6.07, 6.45) is -2.52. The number of hydrogen-bond acceptors (Lipinski definition) is 2. The Kier molecular flexibility index (Phi) is 4.32. The monoisotopic (exact) mass is 286 g/mol. The molecular weight excluding hydrogens is 269 g/mol. The summed E-state index contributed by atoms with van der Waals surface area (Å²) in [4.78, 5) is 14.0. The fourth-order valence-corrected chi connectivity index (χ4v) is 2.52. The van der Waals surface area contributed by atoms with E-state index in [4.69, 9.17) is 0 Å². The molecule has 1 N–H and O–H groups in total. The quantitative estimate of drug-likeness (QED) is 0.926. The fourth-order valence-electron chi connectivity index (χ4n) is 2.52. The number of carbonyl (C=O) groups is 1. The van der Waals surface area contributed by atoms with E-state index in [0.29, 0.717) is 18.7 Å². The minimum absolute atomic E-state index is 0.120. The predicted octanol–water partition coefficient (Wildman–Crippen LogP) is 2.53. The van der Waals surface area contributed by atoms with Gasteiger partial charge in [0, 0.05) is 24.7 Å². The molecule has 0 aromatic heterocycles. The molecule has 1 fully saturated rings. The summed E-state index contributed by atoms with van der Waals surface area (Å²) in [5.41, 5.74) is -0.428. The third-order valence-electron chi connectivity index (χ3n) is 3.54. The van der Waals surface area contributed by atoms with Gasteiger partial charge >= 0.3 is 6.18 Å². The number of nitrogens with zero attached hydrogens (tertiary/aromatic N) is 1. The van der Waals surface area contributed by atoms with E-state index in [-0.39, 0.29) is 11.9 Å². The van der Waals surface area contributed by atoms with Gasteiger partial charge in [-0.3, -0.25) is 4.79 Å². The zero-order valence-electron chi connectivity index (χ0n) is 11.2. The number of carbonyl (C=O) groups excluding carboxylic acids is 1. The molecule has 1 aromatic rings. The van der Waals surface area contributed by atoms with Gasteiger partial charge in [0.05, 0.1) is 5.56 Å². The smallest absolute Gasteiger partial charge is 0.334 e. The summed E-state index contributed by atoms with van der Waals surface area (Å²) in [7, 11) is 1.82. The molecule has 0 radical (unpaired) electrons. The highest BCUT2D eigenvalue weighted by atomic mass is 19.4. The average molecular weight is 286 g/mol. The number of likely N-dealkylation sites (N-methyl/N-ethyl adjacent to an activating group) is 1. The van der Waals surface area contributed by atoms with E-state index >= 15 is 0 Å². The Bertz CT molecular complexity index is 470. The van der Waals surface area contributed by atoms with E-state index in [0.717, 1.165) is 25.0 Å². The standard InChI is InChI=1S/C14H17F3N2O/c1-18-9-12-3-2-8-19(12)13(20)10-4-6-11(7-5-10)14(15,16)17/h4-7,12,18H,2-3,8-9H2,1H3/t12-/m1/s1. The molecule has 110 valence electrons. The maximum atomic E-state index is 12.5. The minimum Gasteiger partial charge on any atom is -0.334 e. The van der Waals surface area contributed by atoms with Crippen LogP contribution in [0.25, 0.3) is 0 Å². The number of hydrogen-bond donors (Lipinski definition) is 1. The van der Waals surface area contributed by atoms with Crippen LogP contribution in [-0.4, -0.2) is 37.0 Å². The van der Waals surface area contributed by atoms with Crippen molar-refractivity contribution >= 4 is 5.91 Å². The molecule has 0 aliphatic carbocycles. The average Bonchev–Trinajstić information content (AvgIpc) is 2.86. The molecular formula is C14H17F3N2O. The summed E-state index contributed by atoms with van der Waals surface area (Å²) < 4.78 is 37.4. The maximum absolute atomic E-state index is 12.5. The molecule has 20 heavy (non-hydrogen) atoms. The highest BCUT2D eigenvalue weighted by Crippen LogP contribution is 2.29. The fraction of sp³-hybridized carbons (Fsp3) is 0.500. The van der Waals surface area contributed by atoms with Crippen molar-refractivity contribution in [2.24, 2.45) is 0 Å². The Balaban J connectivity index is 2.13. The van der Waals surface area contributed by atoms with E-state index in [1.165, 1.54) is 12.1 Å². The Morgan fingerprint density at radius 1 is 1.35 bits per heavy atom. The summed E-state index contributed by atoms with van der Waals surface area (Å²) in [5.74, 6) is -0.198. The summed E-state index contributed by atoms with van der Waals surface area (Å²) in [5, 5.41) is 3.03. The number of nitrogens with one attached hydrogen (secondary N) is 1. The molecule has 1 amide bonds. The third kappa shape index (κ3) is 3.12. The Labute approximate surface area is 115 Å². The van der Waals surface area contributed by atoms with Crippen LogP contribution in [0.4, 0.5) is 13.2 Å². The number of amides is 1. The molecule has 0 saturated carbocycles. The largest absolute Gasteiger partial charge is 0.416 e. The molecule has 1 saturated heterocycles. The third-order valence-corrected chi connectivity index (χ3v) is 3.54. The van der Waals surface area contributed by atoms with E-state index in [1.54, 1.807) is 4.90 Å². The van der Waals surface area contributed by atoms with Gasteiger partial charge in [-0.25, -0.2) is 0 Å². The number of alkyl halides is 3. The molecule has 1 aliphatic heterocycles. The zero-order valence-corrected chi connectivity index (χ0v) is 11.2. The molecule has 2 rings (SSSR count). The summed E-state index contributed by atoms with van der Waals surface area (Å²) in [6.45, 7) is 1.36. The molecule has 1 aromatic carbocycles. The van der Waals surface area contributed by atoms with Crippen LogP contribution >= 0.6 is 0 Å². The second-order valence-electron chi connectivity index (χ2n) is 4.93.